The van der Waals surface area contributed by atoms with Crippen LogP contribution in [0.2, 0.25) is 0 Å². The van der Waals surface area contributed by atoms with E-state index in [1.165, 1.54) is 5.56 Å². The second-order valence-corrected chi connectivity index (χ2v) is 4.51. The summed E-state index contributed by atoms with van der Waals surface area (Å²) in [7, 11) is 0. The number of hydrogen-bond acceptors (Lipinski definition) is 3. The standard InChI is InChI=1S/C15H18N2O/c1-11(16)10-13-5-7-14(8-6-13)18-15-4-3-9-17-12(15)2/h3-9,11H,10,16H2,1-2H3. The fraction of sp³-hybridized carbons (Fsp3) is 0.267. The van der Waals surface area contributed by atoms with Gasteiger partial charge in [0.05, 0.1) is 5.69 Å². The van der Waals surface area contributed by atoms with Gasteiger partial charge >= 0.3 is 0 Å². The lowest BCUT2D eigenvalue weighted by Gasteiger charge is -2.09. The highest BCUT2D eigenvalue weighted by molar-refractivity contribution is 5.34. The molecule has 1 unspecified atom stereocenters. The van der Waals surface area contributed by atoms with Crippen LogP contribution in [0.3, 0.4) is 0 Å². The monoisotopic (exact) mass is 242 g/mol. The van der Waals surface area contributed by atoms with Gasteiger partial charge in [0, 0.05) is 12.2 Å². The number of aryl methyl sites for hydroxylation is 1. The first-order valence-electron chi connectivity index (χ1n) is 6.09. The molecular formula is C15H18N2O. The molecular weight excluding hydrogens is 224 g/mol. The first-order chi connectivity index (χ1) is 8.65. The van der Waals surface area contributed by atoms with Crippen molar-refractivity contribution in [2.24, 2.45) is 5.73 Å². The largest absolute Gasteiger partial charge is 0.455 e. The summed E-state index contributed by atoms with van der Waals surface area (Å²) in [6.45, 7) is 3.93. The van der Waals surface area contributed by atoms with Gasteiger partial charge in [-0.25, -0.2) is 0 Å². The highest BCUT2D eigenvalue weighted by Crippen LogP contribution is 2.23. The third-order valence-corrected chi connectivity index (χ3v) is 2.67. The molecule has 0 bridgehead atoms. The van der Waals surface area contributed by atoms with E-state index in [9.17, 15) is 0 Å². The van der Waals surface area contributed by atoms with Gasteiger partial charge < -0.3 is 10.5 Å². The van der Waals surface area contributed by atoms with Crippen LogP contribution in [0.1, 0.15) is 18.2 Å². The molecule has 0 aliphatic rings. The van der Waals surface area contributed by atoms with Crippen LogP contribution in [0, 0.1) is 6.92 Å². The van der Waals surface area contributed by atoms with Gasteiger partial charge in [0.25, 0.3) is 0 Å². The molecule has 2 rings (SSSR count). The normalized spacial score (nSPS) is 12.2. The van der Waals surface area contributed by atoms with Crippen molar-refractivity contribution < 1.29 is 4.74 Å². The Kier molecular flexibility index (Phi) is 3.95. The van der Waals surface area contributed by atoms with Gasteiger partial charge in [-0.2, -0.15) is 0 Å². The molecule has 1 atom stereocenters. The number of aromatic nitrogens is 1. The number of pyridine rings is 1. The van der Waals surface area contributed by atoms with E-state index in [2.05, 4.69) is 4.98 Å². The molecule has 1 heterocycles. The van der Waals surface area contributed by atoms with Crippen LogP contribution in [-0.4, -0.2) is 11.0 Å². The van der Waals surface area contributed by atoms with Crippen molar-refractivity contribution >= 4 is 0 Å². The maximum absolute atomic E-state index is 5.78. The van der Waals surface area contributed by atoms with Crippen molar-refractivity contribution in [3.63, 3.8) is 0 Å². The van der Waals surface area contributed by atoms with Crippen molar-refractivity contribution in [3.8, 4) is 11.5 Å². The van der Waals surface area contributed by atoms with Crippen molar-refractivity contribution in [1.82, 2.24) is 4.98 Å². The second kappa shape index (κ2) is 5.65. The van der Waals surface area contributed by atoms with Crippen LogP contribution in [0.15, 0.2) is 42.6 Å². The van der Waals surface area contributed by atoms with Crippen molar-refractivity contribution in [2.75, 3.05) is 0 Å². The molecule has 0 amide bonds. The summed E-state index contributed by atoms with van der Waals surface area (Å²) in [5.41, 5.74) is 7.88. The molecule has 3 nitrogen and oxygen atoms in total. The van der Waals surface area contributed by atoms with Crippen LogP contribution in [-0.2, 0) is 6.42 Å². The zero-order valence-electron chi connectivity index (χ0n) is 10.8. The smallest absolute Gasteiger partial charge is 0.148 e. The Balaban J connectivity index is 2.09. The van der Waals surface area contributed by atoms with E-state index in [1.54, 1.807) is 6.20 Å². The minimum Gasteiger partial charge on any atom is -0.455 e. The van der Waals surface area contributed by atoms with E-state index >= 15 is 0 Å². The predicted molar refractivity (Wildman–Crippen MR) is 72.8 cm³/mol. The predicted octanol–water partition coefficient (Wildman–Crippen LogP) is 3.07. The van der Waals surface area contributed by atoms with Gasteiger partial charge in [0.1, 0.15) is 11.5 Å². The van der Waals surface area contributed by atoms with E-state index in [-0.39, 0.29) is 6.04 Å². The van der Waals surface area contributed by atoms with E-state index in [0.717, 1.165) is 23.6 Å². The van der Waals surface area contributed by atoms with Crippen molar-refractivity contribution in [3.05, 3.63) is 53.9 Å². The van der Waals surface area contributed by atoms with Crippen molar-refractivity contribution in [1.29, 1.82) is 0 Å². The Morgan fingerprint density at radius 3 is 2.56 bits per heavy atom. The van der Waals surface area contributed by atoms with Gasteiger partial charge in [0.2, 0.25) is 0 Å². The molecule has 0 saturated carbocycles. The minimum absolute atomic E-state index is 0.178. The number of hydrogen-bond donors (Lipinski definition) is 1. The molecule has 0 spiro atoms. The molecule has 2 N–H and O–H groups in total. The number of nitrogens with zero attached hydrogens (tertiary/aromatic N) is 1. The summed E-state index contributed by atoms with van der Waals surface area (Å²) in [4.78, 5) is 4.19. The lowest BCUT2D eigenvalue weighted by atomic mass is 10.1. The topological polar surface area (TPSA) is 48.1 Å². The number of rotatable bonds is 4. The molecule has 18 heavy (non-hydrogen) atoms. The number of nitrogens with two attached hydrogens (primary N) is 1. The third-order valence-electron chi connectivity index (χ3n) is 2.67. The first kappa shape index (κ1) is 12.6. The lowest BCUT2D eigenvalue weighted by Crippen LogP contribution is -2.17. The molecule has 2 aromatic rings. The Hall–Kier alpha value is -1.87. The molecule has 0 saturated heterocycles. The van der Waals surface area contributed by atoms with Crippen LogP contribution < -0.4 is 10.5 Å². The van der Waals surface area contributed by atoms with Gasteiger partial charge in [-0.05, 0) is 50.1 Å². The van der Waals surface area contributed by atoms with E-state index in [4.69, 9.17) is 10.5 Å². The Bertz CT molecular complexity index is 506. The number of benzene rings is 1. The van der Waals surface area contributed by atoms with Crippen LogP contribution >= 0.6 is 0 Å². The molecule has 0 radical (unpaired) electrons. The molecule has 94 valence electrons. The fourth-order valence-electron chi connectivity index (χ4n) is 1.77. The van der Waals surface area contributed by atoms with Crippen LogP contribution in [0.25, 0.3) is 0 Å². The summed E-state index contributed by atoms with van der Waals surface area (Å²) in [6, 6.07) is 12.0. The van der Waals surface area contributed by atoms with Crippen LogP contribution in [0.4, 0.5) is 0 Å². The van der Waals surface area contributed by atoms with Crippen molar-refractivity contribution in [2.45, 2.75) is 26.3 Å². The summed E-state index contributed by atoms with van der Waals surface area (Å²) >= 11 is 0. The maximum Gasteiger partial charge on any atom is 0.148 e. The Labute approximate surface area is 108 Å². The summed E-state index contributed by atoms with van der Waals surface area (Å²) < 4.78 is 5.78. The quantitative estimate of drug-likeness (QED) is 0.896. The Morgan fingerprint density at radius 2 is 1.94 bits per heavy atom. The second-order valence-electron chi connectivity index (χ2n) is 4.51. The highest BCUT2D eigenvalue weighted by atomic mass is 16.5. The number of ether oxygens (including phenoxy) is 1. The minimum atomic E-state index is 0.178. The van der Waals surface area contributed by atoms with E-state index in [0.29, 0.717) is 0 Å². The molecule has 0 aliphatic heterocycles. The molecule has 1 aromatic heterocycles. The van der Waals surface area contributed by atoms with Gasteiger partial charge in [-0.3, -0.25) is 4.98 Å². The maximum atomic E-state index is 5.78. The molecule has 0 fully saturated rings. The molecule has 3 heteroatoms. The summed E-state index contributed by atoms with van der Waals surface area (Å²) in [5.74, 6) is 1.61. The van der Waals surface area contributed by atoms with E-state index < -0.39 is 0 Å². The summed E-state index contributed by atoms with van der Waals surface area (Å²) in [6.07, 6.45) is 2.64. The van der Waals surface area contributed by atoms with Gasteiger partial charge in [0.15, 0.2) is 0 Å². The van der Waals surface area contributed by atoms with Crippen LogP contribution in [0.5, 0.6) is 11.5 Å². The van der Waals surface area contributed by atoms with Gasteiger partial charge in [-0.1, -0.05) is 12.1 Å². The molecule has 0 aliphatic carbocycles. The van der Waals surface area contributed by atoms with Gasteiger partial charge in [-0.15, -0.1) is 0 Å². The first-order valence-corrected chi connectivity index (χ1v) is 6.09. The average Bonchev–Trinajstić information content (AvgIpc) is 2.34. The Morgan fingerprint density at radius 1 is 1.22 bits per heavy atom. The highest BCUT2D eigenvalue weighted by Gasteiger charge is 2.02. The zero-order chi connectivity index (χ0) is 13.0. The fourth-order valence-corrected chi connectivity index (χ4v) is 1.77. The van der Waals surface area contributed by atoms with E-state index in [1.807, 2.05) is 50.2 Å². The third kappa shape index (κ3) is 3.31. The summed E-state index contributed by atoms with van der Waals surface area (Å²) in [5, 5.41) is 0. The molecule has 1 aromatic carbocycles. The zero-order valence-corrected chi connectivity index (χ0v) is 10.8. The average molecular weight is 242 g/mol. The SMILES string of the molecule is Cc1ncccc1Oc1ccc(CC(C)N)cc1. The lowest BCUT2D eigenvalue weighted by molar-refractivity contribution is 0.475.